The van der Waals surface area contributed by atoms with Crippen molar-refractivity contribution < 1.29 is 4.79 Å². The van der Waals surface area contributed by atoms with Gasteiger partial charge in [0, 0.05) is 36.7 Å². The minimum Gasteiger partial charge on any atom is -0.344 e. The lowest BCUT2D eigenvalue weighted by Crippen LogP contribution is -2.43. The number of rotatable bonds is 1. The number of nitrogens with one attached hydrogen (secondary N) is 1. The molecule has 2 aromatic rings. The number of hydrogen-bond acceptors (Lipinski definition) is 5. The molecule has 1 aliphatic carbocycles. The number of ketones is 1. The highest BCUT2D eigenvalue weighted by Crippen LogP contribution is 2.45. The van der Waals surface area contributed by atoms with E-state index in [1.807, 2.05) is 18.4 Å². The molecule has 0 amide bonds. The molecule has 0 saturated heterocycles. The molecule has 0 bridgehead atoms. The van der Waals surface area contributed by atoms with E-state index in [4.69, 9.17) is 0 Å². The van der Waals surface area contributed by atoms with Crippen LogP contribution in [0.2, 0.25) is 0 Å². The van der Waals surface area contributed by atoms with Crippen LogP contribution >= 0.6 is 11.3 Å². The van der Waals surface area contributed by atoms with E-state index in [0.717, 1.165) is 33.5 Å². The number of Topliss-reactive ketones (excluding diaryl/α,β-unsaturated/α-hetero) is 1. The number of hydrogen-bond donors (Lipinski definition) is 1. The summed E-state index contributed by atoms with van der Waals surface area (Å²) in [4.78, 5) is 39.1. The largest absolute Gasteiger partial charge is 0.344 e. The number of thiophene rings is 1. The van der Waals surface area contributed by atoms with Gasteiger partial charge in [0.05, 0.1) is 11.5 Å². The Morgan fingerprint density at radius 2 is 1.92 bits per heavy atom. The van der Waals surface area contributed by atoms with Crippen molar-refractivity contribution >= 4 is 22.9 Å². The van der Waals surface area contributed by atoms with Crippen LogP contribution < -0.4 is 16.6 Å². The summed E-state index contributed by atoms with van der Waals surface area (Å²) >= 11 is 1.55. The van der Waals surface area contributed by atoms with Gasteiger partial charge in [-0.1, -0.05) is 0 Å². The van der Waals surface area contributed by atoms with Gasteiger partial charge in [-0.25, -0.2) is 4.79 Å². The predicted molar refractivity (Wildman–Crippen MR) is 97.3 cm³/mol. The molecule has 0 spiro atoms. The van der Waals surface area contributed by atoms with E-state index in [0.29, 0.717) is 23.4 Å². The maximum atomic E-state index is 13.0. The Bertz CT molecular complexity index is 1050. The normalized spacial score (nSPS) is 19.5. The summed E-state index contributed by atoms with van der Waals surface area (Å²) in [5, 5.41) is 5.21. The maximum absolute atomic E-state index is 13.0. The molecular formula is C18H19N3O3S. The van der Waals surface area contributed by atoms with E-state index in [-0.39, 0.29) is 17.0 Å². The minimum absolute atomic E-state index is 0.0908. The number of carbonyl (C=O) groups excluding carboxylic acids is 1. The van der Waals surface area contributed by atoms with E-state index >= 15 is 0 Å². The van der Waals surface area contributed by atoms with Crippen LogP contribution in [-0.2, 0) is 18.9 Å². The Labute approximate surface area is 148 Å². The van der Waals surface area contributed by atoms with Gasteiger partial charge in [-0.2, -0.15) is 0 Å². The molecule has 0 aromatic carbocycles. The van der Waals surface area contributed by atoms with Crippen molar-refractivity contribution in [3.63, 3.8) is 0 Å². The molecule has 2 aliphatic rings. The molecular weight excluding hydrogens is 338 g/mol. The standard InChI is InChI=1S/C18H19N3O3S/c1-9-7-8-25-15(9)13-12-10(5-4-6-11(12)22)19-16-14(13)17(23)21(3)18(24)20(16)2/h7-8,13,19H,4-6H2,1-3H3/t13-/m1/s1. The van der Waals surface area contributed by atoms with Crippen molar-refractivity contribution in [2.24, 2.45) is 14.1 Å². The number of allylic oxidation sites excluding steroid dienone is 2. The van der Waals surface area contributed by atoms with Crippen LogP contribution in [0.5, 0.6) is 0 Å². The lowest BCUT2D eigenvalue weighted by molar-refractivity contribution is -0.116. The molecule has 1 aliphatic heterocycles. The fourth-order valence-corrected chi connectivity index (χ4v) is 4.88. The zero-order chi connectivity index (χ0) is 17.9. The predicted octanol–water partition coefficient (Wildman–Crippen LogP) is 2.02. The van der Waals surface area contributed by atoms with E-state index in [1.165, 1.54) is 11.6 Å². The van der Waals surface area contributed by atoms with Crippen LogP contribution in [-0.4, -0.2) is 14.9 Å². The van der Waals surface area contributed by atoms with Crippen molar-refractivity contribution in [1.82, 2.24) is 9.13 Å². The van der Waals surface area contributed by atoms with Crippen molar-refractivity contribution in [2.45, 2.75) is 32.1 Å². The van der Waals surface area contributed by atoms with Gasteiger partial charge < -0.3 is 5.32 Å². The zero-order valence-corrected chi connectivity index (χ0v) is 15.2. The molecule has 6 nitrogen and oxygen atoms in total. The van der Waals surface area contributed by atoms with E-state index in [9.17, 15) is 14.4 Å². The lowest BCUT2D eigenvalue weighted by atomic mass is 9.78. The smallest absolute Gasteiger partial charge is 0.332 e. The third-order valence-electron chi connectivity index (χ3n) is 5.17. The Kier molecular flexibility index (Phi) is 3.57. The van der Waals surface area contributed by atoms with Crippen LogP contribution in [0.3, 0.4) is 0 Å². The number of aromatic nitrogens is 2. The number of carbonyl (C=O) groups is 1. The molecule has 4 rings (SSSR count). The van der Waals surface area contributed by atoms with Crippen molar-refractivity contribution in [1.29, 1.82) is 0 Å². The van der Waals surface area contributed by atoms with Crippen LogP contribution in [0.15, 0.2) is 32.3 Å². The highest BCUT2D eigenvalue weighted by molar-refractivity contribution is 7.10. The number of nitrogens with zero attached hydrogens (tertiary/aromatic N) is 2. The monoisotopic (exact) mass is 357 g/mol. The first-order valence-electron chi connectivity index (χ1n) is 8.29. The van der Waals surface area contributed by atoms with Crippen molar-refractivity contribution in [2.75, 3.05) is 5.32 Å². The highest BCUT2D eigenvalue weighted by atomic mass is 32.1. The SMILES string of the molecule is Cc1ccsc1[C@@H]1C2=C(CCCC2=O)Nc2c1c(=O)n(C)c(=O)n2C. The third-order valence-corrected chi connectivity index (χ3v) is 6.25. The quantitative estimate of drug-likeness (QED) is 0.847. The second-order valence-electron chi connectivity index (χ2n) is 6.66. The molecule has 130 valence electrons. The maximum Gasteiger partial charge on any atom is 0.332 e. The zero-order valence-electron chi connectivity index (χ0n) is 14.4. The number of anilines is 1. The molecule has 0 unspecified atom stereocenters. The Morgan fingerprint density at radius 1 is 1.16 bits per heavy atom. The molecule has 0 radical (unpaired) electrons. The van der Waals surface area contributed by atoms with Crippen molar-refractivity contribution in [3.8, 4) is 0 Å². The molecule has 1 atom stereocenters. The van der Waals surface area contributed by atoms with Gasteiger partial charge in [-0.05, 0) is 36.8 Å². The highest BCUT2D eigenvalue weighted by Gasteiger charge is 2.39. The molecule has 25 heavy (non-hydrogen) atoms. The van der Waals surface area contributed by atoms with E-state index in [1.54, 1.807) is 18.4 Å². The Morgan fingerprint density at radius 3 is 2.60 bits per heavy atom. The van der Waals surface area contributed by atoms with Crippen LogP contribution in [0.1, 0.15) is 41.2 Å². The van der Waals surface area contributed by atoms with Crippen LogP contribution in [0.4, 0.5) is 5.82 Å². The lowest BCUT2D eigenvalue weighted by Gasteiger charge is -2.34. The summed E-state index contributed by atoms with van der Waals surface area (Å²) in [6.45, 7) is 1.99. The number of fused-ring (bicyclic) bond motifs is 1. The summed E-state index contributed by atoms with van der Waals surface area (Å²) < 4.78 is 2.59. The first kappa shape index (κ1) is 16.1. The average Bonchev–Trinajstić information content (AvgIpc) is 3.02. The van der Waals surface area contributed by atoms with Crippen LogP contribution in [0, 0.1) is 6.92 Å². The average molecular weight is 357 g/mol. The molecule has 7 heteroatoms. The van der Waals surface area contributed by atoms with E-state index in [2.05, 4.69) is 5.32 Å². The second kappa shape index (κ2) is 5.56. The summed E-state index contributed by atoms with van der Waals surface area (Å²) in [5.41, 5.74) is 2.38. The van der Waals surface area contributed by atoms with Gasteiger partial charge >= 0.3 is 5.69 Å². The summed E-state index contributed by atoms with van der Waals surface area (Å²) in [6, 6.07) is 2.00. The minimum atomic E-state index is -0.399. The Hall–Kier alpha value is -2.41. The molecule has 1 N–H and O–H groups in total. The summed E-state index contributed by atoms with van der Waals surface area (Å²) in [6.07, 6.45) is 2.04. The number of aryl methyl sites for hydroxylation is 1. The van der Waals surface area contributed by atoms with Gasteiger partial charge in [0.15, 0.2) is 5.78 Å². The first-order chi connectivity index (χ1) is 11.9. The fraction of sp³-hybridized carbons (Fsp3) is 0.389. The van der Waals surface area contributed by atoms with Gasteiger partial charge in [0.2, 0.25) is 0 Å². The second-order valence-corrected chi connectivity index (χ2v) is 7.61. The molecule has 3 heterocycles. The van der Waals surface area contributed by atoms with Gasteiger partial charge in [-0.15, -0.1) is 11.3 Å². The van der Waals surface area contributed by atoms with Gasteiger partial charge in [0.1, 0.15) is 5.82 Å². The third kappa shape index (κ3) is 2.18. The summed E-state index contributed by atoms with van der Waals surface area (Å²) in [7, 11) is 3.14. The van der Waals surface area contributed by atoms with Crippen molar-refractivity contribution in [3.05, 3.63) is 59.6 Å². The fourth-order valence-electron chi connectivity index (χ4n) is 3.84. The van der Waals surface area contributed by atoms with Gasteiger partial charge in [0.25, 0.3) is 5.56 Å². The summed E-state index contributed by atoms with van der Waals surface area (Å²) in [5.74, 6) is 0.206. The Balaban J connectivity index is 2.11. The topological polar surface area (TPSA) is 73.1 Å². The van der Waals surface area contributed by atoms with Gasteiger partial charge in [-0.3, -0.25) is 18.7 Å². The van der Waals surface area contributed by atoms with Crippen LogP contribution in [0.25, 0.3) is 0 Å². The van der Waals surface area contributed by atoms with E-state index < -0.39 is 5.92 Å². The molecule has 2 aromatic heterocycles. The first-order valence-corrected chi connectivity index (χ1v) is 9.17. The molecule has 0 fully saturated rings. The molecule has 0 saturated carbocycles.